The summed E-state index contributed by atoms with van der Waals surface area (Å²) in [4.78, 5) is 83.3. The Kier molecular flexibility index (Phi) is 18.6. The summed E-state index contributed by atoms with van der Waals surface area (Å²) < 4.78 is 8.54. The van der Waals surface area contributed by atoms with E-state index in [2.05, 4.69) is 20.5 Å². The van der Waals surface area contributed by atoms with Crippen molar-refractivity contribution in [3.63, 3.8) is 0 Å². The minimum absolute atomic E-state index is 0.0981. The SMILES string of the molecule is CC[C@H]1C(=O)N[C@@H](CO)C(=O)N(C)[C@@H](Cc2ccc(Cl)cc2)CC(=O)NC[C@H](C)N(C)C(=O)[C@H](Cc2ccccc2)CC(=O)N1Cc1ccc(Cl)cc1Oc1ccc(-c2cnc(CN(C)C)n2C)cc1. The summed E-state index contributed by atoms with van der Waals surface area (Å²) in [7, 11) is 9.12. The Morgan fingerprint density at radius 3 is 2.14 bits per heavy atom. The van der Waals surface area contributed by atoms with Crippen molar-refractivity contribution in [1.29, 1.82) is 0 Å². The minimum Gasteiger partial charge on any atom is -0.457 e. The third-order valence-electron chi connectivity index (χ3n) is 12.9. The van der Waals surface area contributed by atoms with Crippen LogP contribution in [0.4, 0.5) is 0 Å². The van der Waals surface area contributed by atoms with Crippen LogP contribution in [0, 0.1) is 5.92 Å². The van der Waals surface area contributed by atoms with Crippen LogP contribution in [0.25, 0.3) is 11.3 Å². The summed E-state index contributed by atoms with van der Waals surface area (Å²) in [6.07, 6.45) is 2.00. The molecule has 5 atom stereocenters. The monoisotopic (exact) mass is 994 g/mol. The van der Waals surface area contributed by atoms with Crippen molar-refractivity contribution in [2.45, 2.75) is 83.2 Å². The molecule has 0 spiro atoms. The first-order valence-electron chi connectivity index (χ1n) is 23.5. The number of likely N-dealkylation sites (N-methyl/N-ethyl adjacent to an activating group) is 2. The van der Waals surface area contributed by atoms with Gasteiger partial charge in [0, 0.05) is 73.8 Å². The molecular weight excluding hydrogens is 932 g/mol. The van der Waals surface area contributed by atoms with Gasteiger partial charge in [-0.25, -0.2) is 4.98 Å². The second kappa shape index (κ2) is 24.5. The fraction of sp³-hybridized carbons (Fsp3) is 0.396. The standard InChI is InChI=1S/C53H64Cl2N8O7/c1-8-45-51(67)58-44(33-64)53(69)61(6)42(25-36-14-19-40(54)20-15-36)28-49(65)57-29-34(2)60(5)52(68)39(24-35-12-10-9-11-13-35)26-50(66)63(45)31-38-16-21-41(55)27-47(38)70-43-22-17-37(18-23-43)46-30-56-48(62(46)7)32-59(3)4/h9-23,27,30,34,39,42,44-45,64H,8,24-26,28-29,31-33H2,1-7H3,(H,57,65)(H,58,67)/t34-,39+,42-,44-,45-/m0/s1. The van der Waals surface area contributed by atoms with E-state index in [1.165, 1.54) is 16.8 Å². The number of rotatable bonds is 13. The molecule has 5 amide bonds. The lowest BCUT2D eigenvalue weighted by Gasteiger charge is -2.35. The number of carbonyl (C=O) groups is 5. The molecule has 1 saturated heterocycles. The molecule has 0 bridgehead atoms. The van der Waals surface area contributed by atoms with E-state index in [0.717, 1.165) is 28.2 Å². The first kappa shape index (κ1) is 53.1. The van der Waals surface area contributed by atoms with Crippen LogP contribution in [0.3, 0.4) is 0 Å². The topological polar surface area (TPSA) is 170 Å². The fourth-order valence-electron chi connectivity index (χ4n) is 8.60. The number of aliphatic hydroxyl groups excluding tert-OH is 1. The molecular formula is C53H64Cl2N8O7. The van der Waals surface area contributed by atoms with Crippen LogP contribution in [-0.4, -0.2) is 129 Å². The zero-order chi connectivity index (χ0) is 50.6. The first-order valence-corrected chi connectivity index (χ1v) is 24.2. The number of imidazole rings is 1. The molecule has 4 aromatic carbocycles. The van der Waals surface area contributed by atoms with E-state index < -0.39 is 54.4 Å². The van der Waals surface area contributed by atoms with Crippen LogP contribution in [0.2, 0.25) is 10.0 Å². The summed E-state index contributed by atoms with van der Waals surface area (Å²) in [5.74, 6) is -1.65. The molecule has 70 heavy (non-hydrogen) atoms. The number of nitrogens with one attached hydrogen (secondary N) is 2. The van der Waals surface area contributed by atoms with Crippen molar-refractivity contribution in [1.82, 2.24) is 39.8 Å². The number of aromatic nitrogens is 2. The van der Waals surface area contributed by atoms with Crippen LogP contribution >= 0.6 is 23.2 Å². The van der Waals surface area contributed by atoms with Gasteiger partial charge in [-0.05, 0) is 99.9 Å². The summed E-state index contributed by atoms with van der Waals surface area (Å²) in [5.41, 5.74) is 4.01. The van der Waals surface area contributed by atoms with E-state index in [1.54, 1.807) is 61.3 Å². The Balaban J connectivity index is 1.37. The van der Waals surface area contributed by atoms with Gasteiger partial charge in [0.1, 0.15) is 29.4 Å². The molecule has 6 rings (SSSR count). The Hall–Kier alpha value is -6.26. The zero-order valence-electron chi connectivity index (χ0n) is 40.9. The van der Waals surface area contributed by atoms with Crippen molar-refractivity contribution in [3.05, 3.63) is 136 Å². The third-order valence-corrected chi connectivity index (χ3v) is 13.4. The number of benzene rings is 4. The van der Waals surface area contributed by atoms with E-state index in [9.17, 15) is 24.3 Å². The lowest BCUT2D eigenvalue weighted by atomic mass is 9.93. The van der Waals surface area contributed by atoms with Gasteiger partial charge in [0.05, 0.1) is 37.5 Å². The van der Waals surface area contributed by atoms with E-state index in [4.69, 9.17) is 27.9 Å². The normalized spacial score (nSPS) is 20.3. The number of ether oxygens (including phenoxy) is 1. The average Bonchev–Trinajstić information content (AvgIpc) is 3.70. The molecule has 372 valence electrons. The second-order valence-electron chi connectivity index (χ2n) is 18.3. The maximum Gasteiger partial charge on any atom is 0.247 e. The molecule has 5 aromatic rings. The van der Waals surface area contributed by atoms with Gasteiger partial charge in [0.2, 0.25) is 29.5 Å². The highest BCUT2D eigenvalue weighted by Crippen LogP contribution is 2.33. The number of nitrogens with zero attached hydrogens (tertiary/aromatic N) is 6. The smallest absolute Gasteiger partial charge is 0.247 e. The van der Waals surface area contributed by atoms with E-state index in [1.807, 2.05) is 93.4 Å². The molecule has 1 aromatic heterocycles. The van der Waals surface area contributed by atoms with Gasteiger partial charge < -0.3 is 44.6 Å². The molecule has 3 N–H and O–H groups in total. The van der Waals surface area contributed by atoms with Crippen molar-refractivity contribution >= 4 is 52.7 Å². The molecule has 17 heteroatoms. The van der Waals surface area contributed by atoms with Crippen molar-refractivity contribution < 1.29 is 33.8 Å². The predicted octanol–water partition coefficient (Wildman–Crippen LogP) is 6.52. The Labute approximate surface area is 420 Å². The number of hydrogen-bond donors (Lipinski definition) is 3. The van der Waals surface area contributed by atoms with Crippen LogP contribution in [0.1, 0.15) is 55.6 Å². The third kappa shape index (κ3) is 13.7. The van der Waals surface area contributed by atoms with Gasteiger partial charge in [0.15, 0.2) is 0 Å². The predicted molar refractivity (Wildman–Crippen MR) is 271 cm³/mol. The number of aliphatic hydroxyl groups is 1. The van der Waals surface area contributed by atoms with Crippen LogP contribution in [0.5, 0.6) is 11.5 Å². The highest BCUT2D eigenvalue weighted by Gasteiger charge is 2.37. The van der Waals surface area contributed by atoms with E-state index >= 15 is 4.79 Å². The maximum atomic E-state index is 15.1. The zero-order valence-corrected chi connectivity index (χ0v) is 42.4. The van der Waals surface area contributed by atoms with Crippen LogP contribution < -0.4 is 15.4 Å². The highest BCUT2D eigenvalue weighted by molar-refractivity contribution is 6.31. The molecule has 0 unspecified atom stereocenters. The summed E-state index contributed by atoms with van der Waals surface area (Å²) in [6.45, 7) is 3.42. The van der Waals surface area contributed by atoms with E-state index in [0.29, 0.717) is 33.7 Å². The Morgan fingerprint density at radius 2 is 1.49 bits per heavy atom. The van der Waals surface area contributed by atoms with Gasteiger partial charge >= 0.3 is 0 Å². The van der Waals surface area contributed by atoms with Gasteiger partial charge in [-0.2, -0.15) is 0 Å². The van der Waals surface area contributed by atoms with Crippen molar-refractivity contribution in [2.75, 3.05) is 41.3 Å². The summed E-state index contributed by atoms with van der Waals surface area (Å²) >= 11 is 12.8. The number of hydrogen-bond acceptors (Lipinski definition) is 9. The molecule has 1 aliphatic rings. The first-order chi connectivity index (χ1) is 33.5. The maximum absolute atomic E-state index is 15.1. The minimum atomic E-state index is -1.43. The molecule has 0 saturated carbocycles. The summed E-state index contributed by atoms with van der Waals surface area (Å²) in [6, 6.07) is 25.2. The molecule has 0 aliphatic carbocycles. The van der Waals surface area contributed by atoms with Gasteiger partial charge in [-0.1, -0.05) is 78.7 Å². The van der Waals surface area contributed by atoms with Crippen molar-refractivity contribution in [3.8, 4) is 22.8 Å². The lowest BCUT2D eigenvalue weighted by Crippen LogP contribution is -2.58. The van der Waals surface area contributed by atoms with Crippen LogP contribution in [-0.2, 0) is 57.0 Å². The molecule has 2 heterocycles. The van der Waals surface area contributed by atoms with Gasteiger partial charge in [-0.15, -0.1) is 0 Å². The Bertz CT molecular complexity index is 2590. The van der Waals surface area contributed by atoms with Crippen LogP contribution in [0.15, 0.2) is 103 Å². The van der Waals surface area contributed by atoms with Crippen molar-refractivity contribution in [2.24, 2.45) is 13.0 Å². The highest BCUT2D eigenvalue weighted by atomic mass is 35.5. The largest absolute Gasteiger partial charge is 0.457 e. The quantitative estimate of drug-likeness (QED) is 0.119. The molecule has 0 radical (unpaired) electrons. The molecule has 15 nitrogen and oxygen atoms in total. The number of carbonyl (C=O) groups excluding carboxylic acids is 5. The fourth-order valence-corrected chi connectivity index (χ4v) is 8.89. The van der Waals surface area contributed by atoms with Gasteiger partial charge in [0.25, 0.3) is 0 Å². The lowest BCUT2D eigenvalue weighted by molar-refractivity contribution is -0.147. The summed E-state index contributed by atoms with van der Waals surface area (Å²) in [5, 5.41) is 17.3. The Morgan fingerprint density at radius 1 is 0.814 bits per heavy atom. The second-order valence-corrected chi connectivity index (χ2v) is 19.1. The van der Waals surface area contributed by atoms with Gasteiger partial charge in [-0.3, -0.25) is 24.0 Å². The number of amides is 5. The number of halogens is 2. The molecule has 1 fully saturated rings. The van der Waals surface area contributed by atoms with E-state index in [-0.39, 0.29) is 57.0 Å². The molecule has 1 aliphatic heterocycles. The average molecular weight is 996 g/mol.